The van der Waals surface area contributed by atoms with Crippen molar-refractivity contribution < 1.29 is 18.5 Å². The van der Waals surface area contributed by atoms with Crippen LogP contribution in [0.1, 0.15) is 19.3 Å². The Bertz CT molecular complexity index is 636. The minimum Gasteiger partial charge on any atom is -0.322 e. The predicted molar refractivity (Wildman–Crippen MR) is 63.5 cm³/mol. The summed E-state index contributed by atoms with van der Waals surface area (Å²) in [6.45, 7) is 0. The maximum Gasteiger partial charge on any atom is 0.307 e. The monoisotopic (exact) mass is 281 g/mol. The molecule has 1 N–H and O–H groups in total. The number of halogens is 2. The molecule has 0 aliphatic heterocycles. The number of nitrogens with one attached hydrogen (secondary N) is 1. The highest BCUT2D eigenvalue weighted by molar-refractivity contribution is 5.98. The molecule has 0 atom stereocenters. The number of nitriles is 1. The smallest absolute Gasteiger partial charge is 0.307 e. The number of amides is 1. The van der Waals surface area contributed by atoms with Crippen LogP contribution in [0.25, 0.3) is 0 Å². The normalized spacial score (nSPS) is 15.8. The van der Waals surface area contributed by atoms with Crippen LogP contribution in [0.15, 0.2) is 12.1 Å². The first-order valence-corrected chi connectivity index (χ1v) is 5.76. The molecule has 6 nitrogen and oxygen atoms in total. The molecule has 0 radical (unpaired) electrons. The lowest BCUT2D eigenvalue weighted by atomic mass is 9.69. The minimum absolute atomic E-state index is 0.327. The van der Waals surface area contributed by atoms with Gasteiger partial charge < -0.3 is 5.32 Å². The van der Waals surface area contributed by atoms with E-state index in [0.29, 0.717) is 31.4 Å². The lowest BCUT2D eigenvalue weighted by Crippen LogP contribution is -2.40. The molecule has 1 aromatic carbocycles. The van der Waals surface area contributed by atoms with E-state index in [1.807, 2.05) is 6.07 Å². The first kappa shape index (κ1) is 13.9. The van der Waals surface area contributed by atoms with Crippen LogP contribution >= 0.6 is 0 Å². The fourth-order valence-corrected chi connectivity index (χ4v) is 1.94. The standard InChI is InChI=1S/C12H9F2N3O3/c13-7-4-8(14)10(17(19)20)5-9(7)16-11(18)12(6-15)2-1-3-12/h4-5H,1-3H2,(H,16,18). The van der Waals surface area contributed by atoms with E-state index in [4.69, 9.17) is 5.26 Å². The van der Waals surface area contributed by atoms with Crippen molar-refractivity contribution in [3.05, 3.63) is 33.9 Å². The van der Waals surface area contributed by atoms with Crippen LogP contribution in [-0.4, -0.2) is 10.8 Å². The number of nitro benzene ring substituents is 1. The Balaban J connectivity index is 2.30. The Morgan fingerprint density at radius 1 is 1.40 bits per heavy atom. The summed E-state index contributed by atoms with van der Waals surface area (Å²) in [7, 11) is 0. The summed E-state index contributed by atoms with van der Waals surface area (Å²) in [4.78, 5) is 21.5. The van der Waals surface area contributed by atoms with Crippen molar-refractivity contribution in [1.29, 1.82) is 5.26 Å². The van der Waals surface area contributed by atoms with Crippen LogP contribution in [0.3, 0.4) is 0 Å². The van der Waals surface area contributed by atoms with Crippen LogP contribution in [0.2, 0.25) is 0 Å². The number of benzene rings is 1. The van der Waals surface area contributed by atoms with Gasteiger partial charge in [-0.3, -0.25) is 14.9 Å². The maximum atomic E-state index is 13.5. The summed E-state index contributed by atoms with van der Waals surface area (Å²) in [5, 5.41) is 21.7. The molecular formula is C12H9F2N3O3. The lowest BCUT2D eigenvalue weighted by Gasteiger charge is -2.33. The molecule has 0 saturated heterocycles. The van der Waals surface area contributed by atoms with E-state index < -0.39 is 39.3 Å². The zero-order valence-electron chi connectivity index (χ0n) is 10.2. The fraction of sp³-hybridized carbons (Fsp3) is 0.333. The van der Waals surface area contributed by atoms with Crippen molar-refractivity contribution in [1.82, 2.24) is 0 Å². The zero-order chi connectivity index (χ0) is 14.9. The number of nitro groups is 1. The van der Waals surface area contributed by atoms with E-state index in [1.54, 1.807) is 0 Å². The van der Waals surface area contributed by atoms with Gasteiger partial charge in [0.2, 0.25) is 11.7 Å². The summed E-state index contributed by atoms with van der Waals surface area (Å²) in [5.41, 5.74) is -2.68. The molecule has 8 heteroatoms. The molecule has 104 valence electrons. The van der Waals surface area contributed by atoms with Gasteiger partial charge in [0.15, 0.2) is 0 Å². The van der Waals surface area contributed by atoms with Gasteiger partial charge in [-0.1, -0.05) is 0 Å². The number of carbonyl (C=O) groups is 1. The second-order valence-corrected chi connectivity index (χ2v) is 4.54. The Hall–Kier alpha value is -2.56. The van der Waals surface area contributed by atoms with Crippen molar-refractivity contribution in [2.75, 3.05) is 5.32 Å². The van der Waals surface area contributed by atoms with Crippen LogP contribution in [0.5, 0.6) is 0 Å². The van der Waals surface area contributed by atoms with E-state index in [-0.39, 0.29) is 0 Å². The summed E-state index contributed by atoms with van der Waals surface area (Å²) in [5.74, 6) is -3.19. The molecule has 1 fully saturated rings. The van der Waals surface area contributed by atoms with Gasteiger partial charge in [0.05, 0.1) is 16.7 Å². The SMILES string of the molecule is N#CC1(C(=O)Nc2cc([N+](=O)[O-])c(F)cc2F)CCC1. The van der Waals surface area contributed by atoms with E-state index in [2.05, 4.69) is 5.32 Å². The highest BCUT2D eigenvalue weighted by atomic mass is 19.1. The second-order valence-electron chi connectivity index (χ2n) is 4.54. The van der Waals surface area contributed by atoms with Gasteiger partial charge in [0.1, 0.15) is 11.2 Å². The molecule has 20 heavy (non-hydrogen) atoms. The van der Waals surface area contributed by atoms with Gasteiger partial charge in [0, 0.05) is 12.1 Å². The number of carbonyl (C=O) groups excluding carboxylic acids is 1. The van der Waals surface area contributed by atoms with Crippen molar-refractivity contribution in [3.63, 3.8) is 0 Å². The van der Waals surface area contributed by atoms with Crippen molar-refractivity contribution in [2.24, 2.45) is 5.41 Å². The highest BCUT2D eigenvalue weighted by Crippen LogP contribution is 2.41. The molecule has 1 amide bonds. The molecule has 0 bridgehead atoms. The largest absolute Gasteiger partial charge is 0.322 e. The number of hydrogen-bond acceptors (Lipinski definition) is 4. The molecule has 2 rings (SSSR count). The molecule has 1 aliphatic carbocycles. The van der Waals surface area contributed by atoms with E-state index >= 15 is 0 Å². The second kappa shape index (κ2) is 4.85. The quantitative estimate of drug-likeness (QED) is 0.680. The van der Waals surface area contributed by atoms with Gasteiger partial charge in [-0.05, 0) is 19.3 Å². The molecule has 1 aliphatic rings. The van der Waals surface area contributed by atoms with E-state index in [9.17, 15) is 23.7 Å². The number of anilines is 1. The third-order valence-electron chi connectivity index (χ3n) is 3.34. The van der Waals surface area contributed by atoms with Crippen molar-refractivity contribution in [2.45, 2.75) is 19.3 Å². The van der Waals surface area contributed by atoms with Gasteiger partial charge in [-0.2, -0.15) is 9.65 Å². The Kier molecular flexibility index (Phi) is 3.36. The van der Waals surface area contributed by atoms with Crippen LogP contribution in [0.4, 0.5) is 20.2 Å². The van der Waals surface area contributed by atoms with Crippen molar-refractivity contribution >= 4 is 17.3 Å². The zero-order valence-corrected chi connectivity index (χ0v) is 10.2. The molecule has 0 unspecified atom stereocenters. The fourth-order valence-electron chi connectivity index (χ4n) is 1.94. The minimum atomic E-state index is -1.33. The van der Waals surface area contributed by atoms with Crippen LogP contribution < -0.4 is 5.32 Å². The summed E-state index contributed by atoms with van der Waals surface area (Å²) in [6, 6.07) is 2.79. The number of hydrogen-bond donors (Lipinski definition) is 1. The highest BCUT2D eigenvalue weighted by Gasteiger charge is 2.45. The molecular weight excluding hydrogens is 272 g/mol. The van der Waals surface area contributed by atoms with Crippen LogP contribution in [0, 0.1) is 38.5 Å². The van der Waals surface area contributed by atoms with Crippen LogP contribution in [-0.2, 0) is 4.79 Å². The summed E-state index contributed by atoms with van der Waals surface area (Å²) >= 11 is 0. The molecule has 0 heterocycles. The van der Waals surface area contributed by atoms with Crippen molar-refractivity contribution in [3.8, 4) is 6.07 Å². The summed E-state index contributed by atoms with van der Waals surface area (Å²) in [6.07, 6.45) is 1.40. The van der Waals surface area contributed by atoms with Gasteiger partial charge >= 0.3 is 5.69 Å². The topological polar surface area (TPSA) is 96.0 Å². The Morgan fingerprint density at radius 3 is 2.50 bits per heavy atom. The first-order valence-electron chi connectivity index (χ1n) is 5.76. The molecule has 1 saturated carbocycles. The van der Waals surface area contributed by atoms with E-state index in [0.717, 1.165) is 0 Å². The third-order valence-corrected chi connectivity index (χ3v) is 3.34. The maximum absolute atomic E-state index is 13.5. The average Bonchev–Trinajstić information content (AvgIpc) is 2.31. The lowest BCUT2D eigenvalue weighted by molar-refractivity contribution is -0.387. The number of rotatable bonds is 3. The van der Waals surface area contributed by atoms with E-state index in [1.165, 1.54) is 0 Å². The van der Waals surface area contributed by atoms with Gasteiger partial charge in [-0.15, -0.1) is 0 Å². The summed E-state index contributed by atoms with van der Waals surface area (Å²) < 4.78 is 26.7. The Morgan fingerprint density at radius 2 is 2.05 bits per heavy atom. The molecule has 0 spiro atoms. The predicted octanol–water partition coefficient (Wildman–Crippen LogP) is 2.51. The number of nitrogens with zero attached hydrogens (tertiary/aromatic N) is 2. The first-order chi connectivity index (χ1) is 9.39. The van der Waals surface area contributed by atoms with Gasteiger partial charge in [0.25, 0.3) is 0 Å². The third kappa shape index (κ3) is 2.18. The molecule has 1 aromatic rings. The Labute approximate surface area is 112 Å². The molecule has 0 aromatic heterocycles. The average molecular weight is 281 g/mol. The van der Waals surface area contributed by atoms with Gasteiger partial charge in [-0.25, -0.2) is 4.39 Å².